The average molecular weight is 504 g/mol. The Morgan fingerprint density at radius 2 is 1.17 bits per heavy atom. The Bertz CT molecular complexity index is 676. The van der Waals surface area contributed by atoms with Gasteiger partial charge in [0.05, 0.1) is 0 Å². The molecule has 7 heteroatoms. The lowest BCUT2D eigenvalue weighted by Crippen LogP contribution is -2.39. The Morgan fingerprint density at radius 3 is 1.64 bits per heavy atom. The highest BCUT2D eigenvalue weighted by Gasteiger charge is 2.38. The van der Waals surface area contributed by atoms with Crippen LogP contribution >= 0.6 is 0 Å². The third-order valence-electron chi connectivity index (χ3n) is 6.66. The van der Waals surface area contributed by atoms with Gasteiger partial charge < -0.3 is 20.1 Å². The molecule has 204 valence electrons. The summed E-state index contributed by atoms with van der Waals surface area (Å²) in [7, 11) is 0. The fourth-order valence-corrected chi connectivity index (χ4v) is 4.57. The van der Waals surface area contributed by atoms with Crippen LogP contribution in [0.3, 0.4) is 0 Å². The summed E-state index contributed by atoms with van der Waals surface area (Å²) in [6, 6.07) is 10.2. The van der Waals surface area contributed by atoms with Crippen LogP contribution in [0.4, 0.5) is 9.59 Å². The Balaban J connectivity index is 1.77. The Morgan fingerprint density at radius 1 is 0.722 bits per heavy atom. The van der Waals surface area contributed by atoms with E-state index in [2.05, 4.69) is 41.5 Å². The van der Waals surface area contributed by atoms with Crippen LogP contribution in [0.25, 0.3) is 0 Å². The van der Waals surface area contributed by atoms with Crippen LogP contribution in [0.5, 0.6) is 0 Å². The maximum Gasteiger partial charge on any atom is 0.407 e. The van der Waals surface area contributed by atoms with E-state index in [1.165, 1.54) is 56.9 Å². The number of benzene rings is 1. The van der Waals surface area contributed by atoms with Crippen molar-refractivity contribution in [2.24, 2.45) is 0 Å². The van der Waals surface area contributed by atoms with Gasteiger partial charge in [0, 0.05) is 32.7 Å². The van der Waals surface area contributed by atoms with Crippen molar-refractivity contribution in [3.63, 3.8) is 0 Å². The molecule has 1 saturated heterocycles. The fraction of sp³-hybridized carbons (Fsp3) is 0.724. The highest BCUT2D eigenvalue weighted by Crippen LogP contribution is 2.20. The van der Waals surface area contributed by atoms with E-state index in [1.807, 2.05) is 18.2 Å². The van der Waals surface area contributed by atoms with E-state index < -0.39 is 24.4 Å². The van der Waals surface area contributed by atoms with Gasteiger partial charge in [0.2, 0.25) is 0 Å². The lowest BCUT2D eigenvalue weighted by Gasteiger charge is -2.20. The summed E-state index contributed by atoms with van der Waals surface area (Å²) in [5, 5.41) is 5.73. The maximum absolute atomic E-state index is 12.4. The molecule has 1 aliphatic rings. The van der Waals surface area contributed by atoms with Gasteiger partial charge in [0.25, 0.3) is 0 Å². The predicted molar refractivity (Wildman–Crippen MR) is 145 cm³/mol. The molecular formula is C29H49N3O4. The number of alkyl carbamates (subject to hydrolysis) is 2. The quantitative estimate of drug-likeness (QED) is 0.226. The van der Waals surface area contributed by atoms with Crippen molar-refractivity contribution in [2.75, 3.05) is 26.2 Å². The second-order valence-corrected chi connectivity index (χ2v) is 9.96. The number of carbonyl (C=O) groups is 2. The minimum absolute atomic E-state index is 0.434. The minimum atomic E-state index is -0.488. The zero-order chi connectivity index (χ0) is 25.8. The molecule has 0 unspecified atom stereocenters. The highest BCUT2D eigenvalue weighted by molar-refractivity contribution is 5.68. The van der Waals surface area contributed by atoms with Crippen molar-refractivity contribution < 1.29 is 19.1 Å². The van der Waals surface area contributed by atoms with E-state index in [1.54, 1.807) is 0 Å². The molecule has 1 fully saturated rings. The molecule has 1 aromatic rings. The molecule has 1 heterocycles. The topological polar surface area (TPSA) is 79.9 Å². The van der Waals surface area contributed by atoms with E-state index in [-0.39, 0.29) is 0 Å². The van der Waals surface area contributed by atoms with E-state index in [0.29, 0.717) is 26.2 Å². The number of hydrogen-bond acceptors (Lipinski definition) is 5. The third-order valence-corrected chi connectivity index (χ3v) is 6.66. The second kappa shape index (κ2) is 18.9. The van der Waals surface area contributed by atoms with Gasteiger partial charge in [0.1, 0.15) is 0 Å². The van der Waals surface area contributed by atoms with Gasteiger partial charge in [-0.2, -0.15) is 0 Å². The number of hydrogen-bond donors (Lipinski definition) is 2. The van der Waals surface area contributed by atoms with Crippen LogP contribution in [-0.2, 0) is 16.0 Å². The Labute approximate surface area is 218 Å². The highest BCUT2D eigenvalue weighted by atomic mass is 16.6. The van der Waals surface area contributed by atoms with Gasteiger partial charge in [-0.1, -0.05) is 108 Å². The van der Waals surface area contributed by atoms with E-state index >= 15 is 0 Å². The zero-order valence-corrected chi connectivity index (χ0v) is 22.6. The standard InChI is InChI=1S/C29H49N3O4/c1-3-5-7-9-11-16-20-30-28(33)35-26-23-32(22-25-18-14-13-15-19-25)24-27(26)36-29(34)31-21-17-12-10-8-6-4-2/h13-15,18-19,26-27H,3-12,16-17,20-24H2,1-2H3,(H,30,33)(H,31,34)/t26-,27-/m0/s1. The zero-order valence-electron chi connectivity index (χ0n) is 22.6. The van der Waals surface area contributed by atoms with Crippen LogP contribution in [0.1, 0.15) is 96.5 Å². The molecule has 7 nitrogen and oxygen atoms in total. The van der Waals surface area contributed by atoms with Crippen molar-refractivity contribution in [2.45, 2.75) is 110 Å². The molecule has 2 atom stereocenters. The summed E-state index contributed by atoms with van der Waals surface area (Å²) < 4.78 is 11.4. The smallest absolute Gasteiger partial charge is 0.407 e. The van der Waals surface area contributed by atoms with E-state index in [0.717, 1.165) is 32.2 Å². The van der Waals surface area contributed by atoms with Gasteiger partial charge in [0.15, 0.2) is 12.2 Å². The molecule has 0 saturated carbocycles. The fourth-order valence-electron chi connectivity index (χ4n) is 4.57. The van der Waals surface area contributed by atoms with E-state index in [9.17, 15) is 9.59 Å². The first-order valence-electron chi connectivity index (χ1n) is 14.3. The normalized spacial score (nSPS) is 17.6. The number of rotatable bonds is 18. The van der Waals surface area contributed by atoms with E-state index in [4.69, 9.17) is 9.47 Å². The van der Waals surface area contributed by atoms with Crippen LogP contribution in [-0.4, -0.2) is 55.5 Å². The molecule has 0 spiro atoms. The van der Waals surface area contributed by atoms with Gasteiger partial charge in [-0.3, -0.25) is 4.90 Å². The van der Waals surface area contributed by atoms with Crippen molar-refractivity contribution in [1.82, 2.24) is 15.5 Å². The number of amides is 2. The number of likely N-dealkylation sites (tertiary alicyclic amines) is 1. The van der Waals surface area contributed by atoms with Gasteiger partial charge >= 0.3 is 12.2 Å². The van der Waals surface area contributed by atoms with Crippen molar-refractivity contribution >= 4 is 12.2 Å². The molecule has 2 rings (SSSR count). The first kappa shape index (κ1) is 29.9. The SMILES string of the molecule is CCCCCCCCNC(=O)O[C@H]1CN(Cc2ccccc2)C[C@@H]1OC(=O)NCCCCCCCC. The molecule has 2 amide bonds. The number of nitrogens with zero attached hydrogens (tertiary/aromatic N) is 1. The number of carbonyl (C=O) groups excluding carboxylic acids is 2. The Hall–Kier alpha value is -2.28. The van der Waals surface area contributed by atoms with Gasteiger partial charge in [-0.25, -0.2) is 9.59 Å². The first-order chi connectivity index (χ1) is 17.6. The summed E-state index contributed by atoms with van der Waals surface area (Å²) in [5.41, 5.74) is 1.18. The molecule has 0 aromatic heterocycles. The molecule has 0 radical (unpaired) electrons. The largest absolute Gasteiger partial charge is 0.441 e. The molecule has 2 N–H and O–H groups in total. The van der Waals surface area contributed by atoms with Gasteiger partial charge in [-0.05, 0) is 18.4 Å². The number of nitrogens with one attached hydrogen (secondary N) is 2. The summed E-state index contributed by atoms with van der Waals surface area (Å²) in [5.74, 6) is 0. The minimum Gasteiger partial charge on any atom is -0.441 e. The second-order valence-electron chi connectivity index (χ2n) is 9.96. The molecule has 36 heavy (non-hydrogen) atoms. The van der Waals surface area contributed by atoms with Crippen molar-refractivity contribution in [1.29, 1.82) is 0 Å². The van der Waals surface area contributed by atoms with Crippen LogP contribution < -0.4 is 10.6 Å². The molecule has 1 aromatic carbocycles. The lowest BCUT2D eigenvalue weighted by atomic mass is 10.1. The van der Waals surface area contributed by atoms with Crippen LogP contribution in [0.2, 0.25) is 0 Å². The Kier molecular flexibility index (Phi) is 15.7. The summed E-state index contributed by atoms with van der Waals surface area (Å²) >= 11 is 0. The van der Waals surface area contributed by atoms with Crippen LogP contribution in [0, 0.1) is 0 Å². The monoisotopic (exact) mass is 503 g/mol. The third kappa shape index (κ3) is 13.1. The molecule has 0 bridgehead atoms. The first-order valence-corrected chi connectivity index (χ1v) is 14.3. The number of unbranched alkanes of at least 4 members (excludes halogenated alkanes) is 10. The molecular weight excluding hydrogens is 454 g/mol. The molecule has 0 aliphatic carbocycles. The van der Waals surface area contributed by atoms with Crippen LogP contribution in [0.15, 0.2) is 30.3 Å². The maximum atomic E-state index is 12.4. The molecule has 1 aliphatic heterocycles. The lowest BCUT2D eigenvalue weighted by molar-refractivity contribution is 0.0175. The summed E-state index contributed by atoms with van der Waals surface area (Å²) in [6.45, 7) is 7.42. The predicted octanol–water partition coefficient (Wildman–Crippen LogP) is 6.41. The summed E-state index contributed by atoms with van der Waals surface area (Å²) in [4.78, 5) is 27.1. The van der Waals surface area contributed by atoms with Crippen molar-refractivity contribution in [3.8, 4) is 0 Å². The summed E-state index contributed by atoms with van der Waals surface area (Å²) in [6.07, 6.45) is 12.2. The van der Waals surface area contributed by atoms with Gasteiger partial charge in [-0.15, -0.1) is 0 Å². The average Bonchev–Trinajstić information content (AvgIpc) is 3.23. The number of ether oxygens (including phenoxy) is 2. The van der Waals surface area contributed by atoms with Crippen molar-refractivity contribution in [3.05, 3.63) is 35.9 Å².